The molecule has 166 valence electrons. The Morgan fingerprint density at radius 3 is 2.66 bits per heavy atom. The molecule has 0 spiro atoms. The molecule has 2 aromatic rings. The largest absolute Gasteiger partial charge is 0.345 e. The second-order valence-electron chi connectivity index (χ2n) is 8.36. The van der Waals surface area contributed by atoms with Crippen LogP contribution in [0, 0.1) is 5.92 Å². The zero-order chi connectivity index (χ0) is 22.8. The number of benzene rings is 1. The Balaban J connectivity index is 1.52. The fourth-order valence-corrected chi connectivity index (χ4v) is 3.99. The van der Waals surface area contributed by atoms with E-state index in [4.69, 9.17) is 4.99 Å². The first kappa shape index (κ1) is 21.5. The van der Waals surface area contributed by atoms with E-state index in [1.54, 1.807) is 21.1 Å². The average Bonchev–Trinajstić information content (AvgIpc) is 3.38. The number of nitrogens with one attached hydrogen (secondary N) is 1. The maximum Gasteiger partial charge on any atom is 0.274 e. The van der Waals surface area contributed by atoms with Crippen molar-refractivity contribution in [3.8, 4) is 0 Å². The number of rotatable bonds is 4. The highest BCUT2D eigenvalue weighted by Crippen LogP contribution is 2.29. The molecule has 4 rings (SSSR count). The van der Waals surface area contributed by atoms with Crippen molar-refractivity contribution in [2.75, 3.05) is 20.6 Å². The summed E-state index contributed by atoms with van der Waals surface area (Å²) in [6.45, 7) is 2.91. The van der Waals surface area contributed by atoms with Gasteiger partial charge in [-0.2, -0.15) is 5.10 Å². The van der Waals surface area contributed by atoms with Gasteiger partial charge in [0.15, 0.2) is 0 Å². The van der Waals surface area contributed by atoms with Gasteiger partial charge in [-0.25, -0.2) is 0 Å². The second-order valence-corrected chi connectivity index (χ2v) is 8.36. The van der Waals surface area contributed by atoms with Crippen LogP contribution in [0.25, 0.3) is 0 Å². The van der Waals surface area contributed by atoms with E-state index in [0.717, 1.165) is 18.8 Å². The van der Waals surface area contributed by atoms with E-state index in [1.807, 2.05) is 36.6 Å². The molecular weight excluding hydrogens is 404 g/mol. The van der Waals surface area contributed by atoms with E-state index in [2.05, 4.69) is 34.4 Å². The lowest BCUT2D eigenvalue weighted by Gasteiger charge is -2.23. The number of amidine groups is 1. The van der Waals surface area contributed by atoms with Crippen LogP contribution in [-0.2, 0) is 7.05 Å². The molecule has 1 N–H and O–H groups in total. The van der Waals surface area contributed by atoms with Crippen LogP contribution in [0.4, 0.5) is 0 Å². The molecule has 0 fully saturated rings. The number of carbonyl (C=O) groups is 2. The van der Waals surface area contributed by atoms with Crippen molar-refractivity contribution < 1.29 is 9.59 Å². The van der Waals surface area contributed by atoms with E-state index >= 15 is 0 Å². The van der Waals surface area contributed by atoms with Crippen molar-refractivity contribution in [1.29, 1.82) is 0 Å². The Kier molecular flexibility index (Phi) is 5.94. The maximum absolute atomic E-state index is 13.0. The number of hydrogen-bond acceptors (Lipinski definition) is 5. The van der Waals surface area contributed by atoms with Gasteiger partial charge >= 0.3 is 0 Å². The Morgan fingerprint density at radius 1 is 1.19 bits per heavy atom. The standard InChI is InChI=1S/C24H28N6O2/c1-16-10-11-18(26-23(31)21-19(14-25-29(21)4)24(32)28(2)3)12-13-30-15-20(27-22(16)30)17-8-6-5-7-9-17/h5-9,11-14,16,20H,10,15H2,1-4H3,(H,26,31). The van der Waals surface area contributed by atoms with E-state index in [1.165, 1.54) is 21.3 Å². The monoisotopic (exact) mass is 432 g/mol. The van der Waals surface area contributed by atoms with Gasteiger partial charge in [0.25, 0.3) is 11.8 Å². The predicted octanol–water partition coefficient (Wildman–Crippen LogP) is 2.74. The van der Waals surface area contributed by atoms with Gasteiger partial charge < -0.3 is 15.1 Å². The summed E-state index contributed by atoms with van der Waals surface area (Å²) in [6.07, 6.45) is 8.03. The third-order valence-corrected chi connectivity index (χ3v) is 5.75. The minimum absolute atomic E-state index is 0.100. The Bertz CT molecular complexity index is 1110. The molecule has 1 aromatic carbocycles. The lowest BCUT2D eigenvalue weighted by Crippen LogP contribution is -2.31. The van der Waals surface area contributed by atoms with Crippen LogP contribution in [0.2, 0.25) is 0 Å². The first-order chi connectivity index (χ1) is 15.3. The van der Waals surface area contributed by atoms with E-state index in [0.29, 0.717) is 5.70 Å². The number of aryl methyl sites for hydroxylation is 1. The van der Waals surface area contributed by atoms with Gasteiger partial charge in [-0.1, -0.05) is 43.3 Å². The van der Waals surface area contributed by atoms with Gasteiger partial charge in [-0.05, 0) is 18.1 Å². The SMILES string of the molecule is CC1CC=C(NC(=O)c2c(C(=O)N(C)C)cnn2C)C=CN2CC(c3ccccc3)N=C12. The van der Waals surface area contributed by atoms with Gasteiger partial charge in [0, 0.05) is 39.0 Å². The third-order valence-electron chi connectivity index (χ3n) is 5.75. The van der Waals surface area contributed by atoms with Crippen LogP contribution in [0.15, 0.2) is 65.6 Å². The summed E-state index contributed by atoms with van der Waals surface area (Å²) in [7, 11) is 4.95. The zero-order valence-corrected chi connectivity index (χ0v) is 18.8. The van der Waals surface area contributed by atoms with Gasteiger partial charge in [0.05, 0.1) is 24.3 Å². The van der Waals surface area contributed by atoms with Gasteiger partial charge in [-0.3, -0.25) is 19.3 Å². The number of carbonyl (C=O) groups excluding carboxylic acids is 2. The molecule has 8 nitrogen and oxygen atoms in total. The minimum atomic E-state index is -0.364. The maximum atomic E-state index is 13.0. The summed E-state index contributed by atoms with van der Waals surface area (Å²) >= 11 is 0. The van der Waals surface area contributed by atoms with E-state index in [9.17, 15) is 9.59 Å². The molecule has 0 bridgehead atoms. The molecule has 0 saturated heterocycles. The Labute approximate surface area is 187 Å². The molecule has 0 saturated carbocycles. The lowest BCUT2D eigenvalue weighted by molar-refractivity contribution is 0.0818. The van der Waals surface area contributed by atoms with Crippen molar-refractivity contribution >= 4 is 17.6 Å². The highest BCUT2D eigenvalue weighted by Gasteiger charge is 2.29. The predicted molar refractivity (Wildman–Crippen MR) is 123 cm³/mol. The molecule has 2 aliphatic heterocycles. The van der Waals surface area contributed by atoms with Crippen LogP contribution in [0.1, 0.15) is 45.8 Å². The fraction of sp³-hybridized carbons (Fsp3) is 0.333. The summed E-state index contributed by atoms with van der Waals surface area (Å²) in [4.78, 5) is 34.0. The van der Waals surface area contributed by atoms with Crippen molar-refractivity contribution in [3.63, 3.8) is 0 Å². The lowest BCUT2D eigenvalue weighted by atomic mass is 10.0. The van der Waals surface area contributed by atoms with E-state index < -0.39 is 0 Å². The molecular formula is C24H28N6O2. The number of allylic oxidation sites excluding steroid dienone is 2. The normalized spacial score (nSPS) is 20.1. The van der Waals surface area contributed by atoms with Crippen LogP contribution in [0.5, 0.6) is 0 Å². The van der Waals surface area contributed by atoms with Crippen molar-refractivity contribution in [2.45, 2.75) is 19.4 Å². The van der Waals surface area contributed by atoms with Crippen LogP contribution < -0.4 is 5.32 Å². The number of nitrogens with zero attached hydrogens (tertiary/aromatic N) is 5. The minimum Gasteiger partial charge on any atom is -0.345 e. The molecule has 1 aromatic heterocycles. The molecule has 2 unspecified atom stereocenters. The second kappa shape index (κ2) is 8.82. The highest BCUT2D eigenvalue weighted by molar-refractivity contribution is 6.06. The molecule has 0 radical (unpaired) electrons. The Hall–Kier alpha value is -3.68. The van der Waals surface area contributed by atoms with Crippen molar-refractivity contribution in [2.24, 2.45) is 18.0 Å². The van der Waals surface area contributed by atoms with Crippen LogP contribution >= 0.6 is 0 Å². The summed E-state index contributed by atoms with van der Waals surface area (Å²) in [5.74, 6) is 0.645. The smallest absolute Gasteiger partial charge is 0.274 e. The topological polar surface area (TPSA) is 82.8 Å². The van der Waals surface area contributed by atoms with Crippen molar-refractivity contribution in [1.82, 2.24) is 24.9 Å². The number of aliphatic imine (C=N–C) groups is 1. The Morgan fingerprint density at radius 2 is 1.94 bits per heavy atom. The highest BCUT2D eigenvalue weighted by atomic mass is 16.2. The van der Waals surface area contributed by atoms with Crippen molar-refractivity contribution in [3.05, 3.63) is 77.4 Å². The first-order valence-corrected chi connectivity index (χ1v) is 10.7. The molecule has 2 amide bonds. The molecule has 3 heterocycles. The molecule has 8 heteroatoms. The van der Waals surface area contributed by atoms with Crippen LogP contribution in [0.3, 0.4) is 0 Å². The summed E-state index contributed by atoms with van der Waals surface area (Å²) < 4.78 is 1.43. The quantitative estimate of drug-likeness (QED) is 0.805. The summed E-state index contributed by atoms with van der Waals surface area (Å²) in [5.41, 5.74) is 2.40. The number of hydrogen-bond donors (Lipinski definition) is 1. The molecule has 2 atom stereocenters. The molecule has 32 heavy (non-hydrogen) atoms. The van der Waals surface area contributed by atoms with Crippen LogP contribution in [-0.4, -0.2) is 57.9 Å². The van der Waals surface area contributed by atoms with Gasteiger partial charge in [0.2, 0.25) is 0 Å². The molecule has 0 aliphatic carbocycles. The summed E-state index contributed by atoms with van der Waals surface area (Å²) in [5, 5.41) is 7.05. The van der Waals surface area contributed by atoms with Gasteiger partial charge in [0.1, 0.15) is 11.5 Å². The summed E-state index contributed by atoms with van der Waals surface area (Å²) in [6, 6.07) is 10.4. The third kappa shape index (κ3) is 4.21. The van der Waals surface area contributed by atoms with E-state index in [-0.39, 0.29) is 35.0 Å². The zero-order valence-electron chi connectivity index (χ0n) is 18.8. The number of fused-ring (bicyclic) bond motifs is 1. The first-order valence-electron chi connectivity index (χ1n) is 10.7. The average molecular weight is 433 g/mol. The van der Waals surface area contributed by atoms with Gasteiger partial charge in [-0.15, -0.1) is 0 Å². The molecule has 2 aliphatic rings. The number of amides is 2. The fourth-order valence-electron chi connectivity index (χ4n) is 3.99. The number of aromatic nitrogens is 2.